The lowest BCUT2D eigenvalue weighted by atomic mass is 10.0. The van der Waals surface area contributed by atoms with E-state index < -0.39 is 0 Å². The number of carbonyl (C=O) groups excluding carboxylic acids is 1. The molecular formula is C19H23NO4. The Balaban J connectivity index is 1.89. The molecule has 0 spiro atoms. The summed E-state index contributed by atoms with van der Waals surface area (Å²) in [6, 6.07) is 5.32. The summed E-state index contributed by atoms with van der Waals surface area (Å²) in [7, 11) is 0. The third-order valence-corrected chi connectivity index (χ3v) is 4.55. The largest absolute Gasteiger partial charge is 0.465 e. The zero-order valence-corrected chi connectivity index (χ0v) is 14.2. The smallest absolute Gasteiger partial charge is 0.323 e. The number of nitrogens with zero attached hydrogens (tertiary/aromatic N) is 1. The Morgan fingerprint density at radius 3 is 3.00 bits per heavy atom. The summed E-state index contributed by atoms with van der Waals surface area (Å²) in [6.07, 6.45) is 4.33. The van der Waals surface area contributed by atoms with E-state index in [0.29, 0.717) is 29.7 Å². The van der Waals surface area contributed by atoms with Crippen LogP contribution in [0, 0.1) is 6.92 Å². The molecule has 0 bridgehead atoms. The molecule has 1 atom stereocenters. The van der Waals surface area contributed by atoms with E-state index in [-0.39, 0.29) is 17.4 Å². The molecule has 1 unspecified atom stereocenters. The molecule has 3 rings (SSSR count). The minimum absolute atomic E-state index is 0.0202. The van der Waals surface area contributed by atoms with Crippen molar-refractivity contribution >= 4 is 16.9 Å². The van der Waals surface area contributed by atoms with Crippen LogP contribution >= 0.6 is 0 Å². The van der Waals surface area contributed by atoms with E-state index in [1.165, 1.54) is 6.26 Å². The molecule has 24 heavy (non-hydrogen) atoms. The highest BCUT2D eigenvalue weighted by Crippen LogP contribution is 2.21. The highest BCUT2D eigenvalue weighted by Gasteiger charge is 2.30. The predicted octanol–water partition coefficient (Wildman–Crippen LogP) is 3.02. The first-order chi connectivity index (χ1) is 11.6. The summed E-state index contributed by atoms with van der Waals surface area (Å²) >= 11 is 0. The second kappa shape index (κ2) is 7.18. The van der Waals surface area contributed by atoms with Crippen molar-refractivity contribution in [1.82, 2.24) is 4.90 Å². The number of piperidine rings is 1. The molecule has 2 heterocycles. The van der Waals surface area contributed by atoms with Gasteiger partial charge in [0.25, 0.3) is 0 Å². The lowest BCUT2D eigenvalue weighted by Gasteiger charge is -2.33. The van der Waals surface area contributed by atoms with Gasteiger partial charge in [0.15, 0.2) is 5.43 Å². The van der Waals surface area contributed by atoms with Crippen LogP contribution in [-0.2, 0) is 16.1 Å². The van der Waals surface area contributed by atoms with E-state index in [1.54, 1.807) is 0 Å². The first-order valence-electron chi connectivity index (χ1n) is 8.52. The van der Waals surface area contributed by atoms with Gasteiger partial charge in [0, 0.05) is 12.1 Å². The molecule has 0 radical (unpaired) electrons. The van der Waals surface area contributed by atoms with Crippen LogP contribution in [-0.4, -0.2) is 30.1 Å². The van der Waals surface area contributed by atoms with Crippen molar-refractivity contribution in [2.45, 2.75) is 45.7 Å². The number of hydrogen-bond acceptors (Lipinski definition) is 5. The number of hydrogen-bond donors (Lipinski definition) is 0. The summed E-state index contributed by atoms with van der Waals surface area (Å²) in [6.45, 7) is 5.34. The van der Waals surface area contributed by atoms with E-state index in [2.05, 4.69) is 0 Å². The predicted molar refractivity (Wildman–Crippen MR) is 91.9 cm³/mol. The minimum atomic E-state index is -0.272. The highest BCUT2D eigenvalue weighted by atomic mass is 16.5. The monoisotopic (exact) mass is 329 g/mol. The van der Waals surface area contributed by atoms with Crippen molar-refractivity contribution in [3.63, 3.8) is 0 Å². The number of benzene rings is 1. The third kappa shape index (κ3) is 3.36. The molecule has 1 aromatic heterocycles. The molecular weight excluding hydrogens is 306 g/mol. The molecule has 1 fully saturated rings. The van der Waals surface area contributed by atoms with Crippen molar-refractivity contribution in [1.29, 1.82) is 0 Å². The van der Waals surface area contributed by atoms with Crippen LogP contribution in [0.3, 0.4) is 0 Å². The SMILES string of the molecule is CCOC(=O)C1CCCCN1Cc1coc2ccc(C)cc2c1=O. The van der Waals surface area contributed by atoms with Crippen molar-refractivity contribution in [2.24, 2.45) is 0 Å². The van der Waals surface area contributed by atoms with Crippen molar-refractivity contribution in [3.8, 4) is 0 Å². The zero-order valence-electron chi connectivity index (χ0n) is 14.2. The van der Waals surface area contributed by atoms with Gasteiger partial charge in [0.05, 0.1) is 18.3 Å². The number of fused-ring (bicyclic) bond motifs is 1. The fourth-order valence-electron chi connectivity index (χ4n) is 3.30. The molecule has 0 saturated carbocycles. The van der Waals surface area contributed by atoms with Gasteiger partial charge in [0.2, 0.25) is 0 Å². The number of rotatable bonds is 4. The summed E-state index contributed by atoms with van der Waals surface area (Å²) in [5.74, 6) is -0.196. The fraction of sp³-hybridized carbons (Fsp3) is 0.474. The van der Waals surface area contributed by atoms with Crippen LogP contribution in [0.1, 0.15) is 37.3 Å². The van der Waals surface area contributed by atoms with Crippen molar-refractivity contribution in [2.75, 3.05) is 13.2 Å². The molecule has 1 saturated heterocycles. The Labute approximate surface area is 141 Å². The Kier molecular flexibility index (Phi) is 5.00. The van der Waals surface area contributed by atoms with Crippen molar-refractivity contribution in [3.05, 3.63) is 45.8 Å². The number of ether oxygens (including phenoxy) is 1. The summed E-state index contributed by atoms with van der Waals surface area (Å²) in [5.41, 5.74) is 2.18. The lowest BCUT2D eigenvalue weighted by molar-refractivity contribution is -0.151. The van der Waals surface area contributed by atoms with Gasteiger partial charge in [0.1, 0.15) is 11.6 Å². The Morgan fingerprint density at radius 1 is 1.38 bits per heavy atom. The highest BCUT2D eigenvalue weighted by molar-refractivity contribution is 5.78. The minimum Gasteiger partial charge on any atom is -0.465 e. The van der Waals surface area contributed by atoms with Gasteiger partial charge in [-0.3, -0.25) is 14.5 Å². The molecule has 0 aliphatic carbocycles. The number of esters is 1. The Morgan fingerprint density at radius 2 is 2.21 bits per heavy atom. The first kappa shape index (κ1) is 16.7. The zero-order chi connectivity index (χ0) is 17.1. The molecule has 2 aromatic rings. The summed E-state index contributed by atoms with van der Waals surface area (Å²) in [4.78, 5) is 27.0. The lowest BCUT2D eigenvalue weighted by Crippen LogP contribution is -2.45. The van der Waals surface area contributed by atoms with E-state index in [4.69, 9.17) is 9.15 Å². The van der Waals surface area contributed by atoms with Crippen LogP contribution in [0.2, 0.25) is 0 Å². The van der Waals surface area contributed by atoms with Crippen LogP contribution < -0.4 is 5.43 Å². The molecule has 0 N–H and O–H groups in total. The molecule has 128 valence electrons. The fourth-order valence-corrected chi connectivity index (χ4v) is 3.30. The Hall–Kier alpha value is -2.14. The van der Waals surface area contributed by atoms with Gasteiger partial charge in [-0.15, -0.1) is 0 Å². The standard InChI is InChI=1S/C19H23NO4/c1-3-23-19(22)16-6-4-5-9-20(16)11-14-12-24-17-8-7-13(2)10-15(17)18(14)21/h7-8,10,12,16H,3-6,9,11H2,1-2H3. The maximum atomic E-state index is 12.8. The second-order valence-electron chi connectivity index (χ2n) is 6.32. The quantitative estimate of drug-likeness (QED) is 0.807. The number of likely N-dealkylation sites (tertiary alicyclic amines) is 1. The Bertz CT molecular complexity index is 796. The van der Waals surface area contributed by atoms with Gasteiger partial charge < -0.3 is 9.15 Å². The van der Waals surface area contributed by atoms with Crippen molar-refractivity contribution < 1.29 is 13.9 Å². The molecule has 1 aromatic carbocycles. The van der Waals surface area contributed by atoms with Gasteiger partial charge in [-0.2, -0.15) is 0 Å². The topological polar surface area (TPSA) is 59.8 Å². The summed E-state index contributed by atoms with van der Waals surface area (Å²) < 4.78 is 10.8. The molecule has 1 aliphatic rings. The van der Waals surface area contributed by atoms with Crippen LogP contribution in [0.5, 0.6) is 0 Å². The maximum absolute atomic E-state index is 12.8. The van der Waals surface area contributed by atoms with Gasteiger partial charge in [-0.05, 0) is 45.4 Å². The second-order valence-corrected chi connectivity index (χ2v) is 6.32. The average molecular weight is 329 g/mol. The van der Waals surface area contributed by atoms with E-state index in [0.717, 1.165) is 31.4 Å². The van der Waals surface area contributed by atoms with E-state index in [1.807, 2.05) is 36.9 Å². The first-order valence-corrected chi connectivity index (χ1v) is 8.52. The van der Waals surface area contributed by atoms with Gasteiger partial charge in [-0.1, -0.05) is 18.1 Å². The molecule has 5 heteroatoms. The van der Waals surface area contributed by atoms with Crippen LogP contribution in [0.15, 0.2) is 33.7 Å². The van der Waals surface area contributed by atoms with Gasteiger partial charge >= 0.3 is 5.97 Å². The van der Waals surface area contributed by atoms with Gasteiger partial charge in [-0.25, -0.2) is 0 Å². The normalized spacial score (nSPS) is 18.7. The van der Waals surface area contributed by atoms with Crippen LogP contribution in [0.4, 0.5) is 0 Å². The van der Waals surface area contributed by atoms with E-state index >= 15 is 0 Å². The number of carbonyl (C=O) groups is 1. The van der Waals surface area contributed by atoms with E-state index in [9.17, 15) is 9.59 Å². The number of aryl methyl sites for hydroxylation is 1. The molecule has 1 aliphatic heterocycles. The summed E-state index contributed by atoms with van der Waals surface area (Å²) in [5, 5.41) is 0.595. The van der Waals surface area contributed by atoms with Crippen LogP contribution in [0.25, 0.3) is 11.0 Å². The third-order valence-electron chi connectivity index (χ3n) is 4.55. The molecule has 0 amide bonds. The average Bonchev–Trinajstić information content (AvgIpc) is 2.58. The maximum Gasteiger partial charge on any atom is 0.323 e. The molecule has 5 nitrogen and oxygen atoms in total.